The monoisotopic (exact) mass is 464 g/mol. The molecule has 5 rings (SSSR count). The summed E-state index contributed by atoms with van der Waals surface area (Å²) in [6.07, 6.45) is 1.37. The van der Waals surface area contributed by atoms with E-state index in [4.69, 9.17) is 9.47 Å². The zero-order chi connectivity index (χ0) is 23.7. The van der Waals surface area contributed by atoms with Gasteiger partial charge in [-0.05, 0) is 35.1 Å². The summed E-state index contributed by atoms with van der Waals surface area (Å²) in [4.78, 5) is 36.9. The van der Waals surface area contributed by atoms with Crippen LogP contribution in [0.1, 0.15) is 36.3 Å². The van der Waals surface area contributed by atoms with Crippen LogP contribution in [0.5, 0.6) is 0 Å². The minimum Gasteiger partial charge on any atom is -0.481 e. The number of benzene rings is 2. The predicted octanol–water partition coefficient (Wildman–Crippen LogP) is 2.91. The Labute approximate surface area is 197 Å². The van der Waals surface area contributed by atoms with E-state index >= 15 is 0 Å². The predicted molar refractivity (Wildman–Crippen MR) is 123 cm³/mol. The first kappa shape index (κ1) is 22.4. The molecule has 3 N–H and O–H groups in total. The number of rotatable bonds is 6. The molecule has 2 aromatic rings. The summed E-state index contributed by atoms with van der Waals surface area (Å²) in [5.74, 6) is -2.39. The van der Waals surface area contributed by atoms with E-state index in [1.165, 1.54) is 0 Å². The van der Waals surface area contributed by atoms with Crippen molar-refractivity contribution in [2.24, 2.45) is 11.8 Å². The van der Waals surface area contributed by atoms with Crippen LogP contribution in [0.3, 0.4) is 0 Å². The van der Waals surface area contributed by atoms with Gasteiger partial charge in [-0.15, -0.1) is 0 Å². The maximum Gasteiger partial charge on any atom is 0.407 e. The average molecular weight is 465 g/mol. The van der Waals surface area contributed by atoms with Crippen LogP contribution >= 0.6 is 0 Å². The fourth-order valence-corrected chi connectivity index (χ4v) is 5.46. The van der Waals surface area contributed by atoms with Crippen LogP contribution < -0.4 is 10.6 Å². The highest BCUT2D eigenvalue weighted by molar-refractivity contribution is 5.82. The average Bonchev–Trinajstić information content (AvgIpc) is 3.55. The molecule has 8 nitrogen and oxygen atoms in total. The van der Waals surface area contributed by atoms with E-state index in [1.54, 1.807) is 0 Å². The number of fused-ring (bicyclic) bond motifs is 3. The lowest BCUT2D eigenvalue weighted by Gasteiger charge is -2.23. The highest BCUT2D eigenvalue weighted by atomic mass is 16.5. The highest BCUT2D eigenvalue weighted by Gasteiger charge is 2.40. The van der Waals surface area contributed by atoms with Gasteiger partial charge in [0.1, 0.15) is 6.61 Å². The minimum atomic E-state index is -0.890. The van der Waals surface area contributed by atoms with Gasteiger partial charge in [0, 0.05) is 12.0 Å². The molecule has 2 amide bonds. The highest BCUT2D eigenvalue weighted by Crippen LogP contribution is 2.44. The Morgan fingerprint density at radius 3 is 2.24 bits per heavy atom. The second-order valence-electron chi connectivity index (χ2n) is 9.21. The molecule has 2 aromatic carbocycles. The molecule has 1 heterocycles. The standard InChI is InChI=1S/C26H28N2O6/c29-24(27-22-11-5-10-19(22)25(30)31)21-12-33-14-23(21)28-26(32)34-13-20-17-8-3-1-6-15(17)16-7-2-4-9-18(16)20/h1-4,6-9,19-23H,5,10-14H2,(H,27,29)(H,28,32)(H,30,31)/t19-,21?,22+,23?/m0/s1. The smallest absolute Gasteiger partial charge is 0.407 e. The van der Waals surface area contributed by atoms with Gasteiger partial charge in [-0.2, -0.15) is 0 Å². The second-order valence-corrected chi connectivity index (χ2v) is 9.21. The molecule has 3 aliphatic rings. The van der Waals surface area contributed by atoms with Crippen molar-refractivity contribution in [3.8, 4) is 11.1 Å². The number of carboxylic acid groups (broad SMARTS) is 1. The third-order valence-corrected chi connectivity index (χ3v) is 7.23. The van der Waals surface area contributed by atoms with E-state index in [9.17, 15) is 19.5 Å². The van der Waals surface area contributed by atoms with Crippen LogP contribution in [0.4, 0.5) is 4.79 Å². The molecule has 0 spiro atoms. The zero-order valence-corrected chi connectivity index (χ0v) is 18.7. The lowest BCUT2D eigenvalue weighted by molar-refractivity contribution is -0.142. The Hall–Kier alpha value is -3.39. The van der Waals surface area contributed by atoms with Crippen molar-refractivity contribution < 1.29 is 29.0 Å². The molecule has 0 aromatic heterocycles. The van der Waals surface area contributed by atoms with E-state index in [2.05, 4.69) is 34.9 Å². The summed E-state index contributed by atoms with van der Waals surface area (Å²) in [5, 5.41) is 15.0. The maximum atomic E-state index is 12.8. The molecule has 178 valence electrons. The van der Waals surface area contributed by atoms with Gasteiger partial charge in [-0.1, -0.05) is 55.0 Å². The Balaban J connectivity index is 1.19. The number of hydrogen-bond acceptors (Lipinski definition) is 5. The van der Waals surface area contributed by atoms with E-state index in [1.807, 2.05) is 24.3 Å². The lowest BCUT2D eigenvalue weighted by atomic mass is 9.98. The van der Waals surface area contributed by atoms with E-state index in [0.29, 0.717) is 12.8 Å². The van der Waals surface area contributed by atoms with Gasteiger partial charge < -0.3 is 25.2 Å². The second kappa shape index (κ2) is 9.46. The van der Waals surface area contributed by atoms with Crippen LogP contribution in [0.15, 0.2) is 48.5 Å². The largest absolute Gasteiger partial charge is 0.481 e. The van der Waals surface area contributed by atoms with Gasteiger partial charge in [0.05, 0.1) is 31.1 Å². The van der Waals surface area contributed by atoms with Gasteiger partial charge in [-0.3, -0.25) is 9.59 Å². The van der Waals surface area contributed by atoms with Crippen molar-refractivity contribution in [1.82, 2.24) is 10.6 Å². The number of carboxylic acids is 1. The van der Waals surface area contributed by atoms with Crippen LogP contribution in [0.25, 0.3) is 11.1 Å². The summed E-state index contributed by atoms with van der Waals surface area (Å²) in [7, 11) is 0. The number of aliphatic carboxylic acids is 1. The molecule has 8 heteroatoms. The Bertz CT molecular complexity index is 1060. The number of ether oxygens (including phenoxy) is 2. The molecule has 1 saturated carbocycles. The number of hydrogen-bond donors (Lipinski definition) is 3. The number of carbonyl (C=O) groups is 3. The molecular formula is C26H28N2O6. The summed E-state index contributed by atoms with van der Waals surface area (Å²) < 4.78 is 11.1. The van der Waals surface area contributed by atoms with Crippen molar-refractivity contribution in [1.29, 1.82) is 0 Å². The van der Waals surface area contributed by atoms with Crippen molar-refractivity contribution >= 4 is 18.0 Å². The molecule has 1 aliphatic heterocycles. The van der Waals surface area contributed by atoms with E-state index in [0.717, 1.165) is 28.7 Å². The number of amides is 2. The van der Waals surface area contributed by atoms with Gasteiger partial charge in [0.15, 0.2) is 0 Å². The van der Waals surface area contributed by atoms with Crippen LogP contribution in [-0.4, -0.2) is 55.0 Å². The van der Waals surface area contributed by atoms with Crippen molar-refractivity contribution in [3.05, 3.63) is 59.7 Å². The van der Waals surface area contributed by atoms with E-state index in [-0.39, 0.29) is 37.7 Å². The van der Waals surface area contributed by atoms with E-state index < -0.39 is 29.9 Å². The summed E-state index contributed by atoms with van der Waals surface area (Å²) in [5.41, 5.74) is 4.56. The Kier molecular flexibility index (Phi) is 6.24. The molecule has 2 fully saturated rings. The fourth-order valence-electron chi connectivity index (χ4n) is 5.46. The quantitative estimate of drug-likeness (QED) is 0.606. The first-order chi connectivity index (χ1) is 16.5. The van der Waals surface area contributed by atoms with Gasteiger partial charge in [0.25, 0.3) is 0 Å². The van der Waals surface area contributed by atoms with Gasteiger partial charge in [0.2, 0.25) is 5.91 Å². The number of nitrogens with one attached hydrogen (secondary N) is 2. The topological polar surface area (TPSA) is 114 Å². The van der Waals surface area contributed by atoms with Gasteiger partial charge >= 0.3 is 12.1 Å². The summed E-state index contributed by atoms with van der Waals surface area (Å²) >= 11 is 0. The molecule has 0 radical (unpaired) electrons. The fraction of sp³-hybridized carbons (Fsp3) is 0.423. The first-order valence-electron chi connectivity index (χ1n) is 11.8. The molecule has 4 atom stereocenters. The third kappa shape index (κ3) is 4.25. The van der Waals surface area contributed by atoms with Crippen molar-refractivity contribution in [3.63, 3.8) is 0 Å². The first-order valence-corrected chi connectivity index (χ1v) is 11.8. The number of alkyl carbamates (subject to hydrolysis) is 1. The summed E-state index contributed by atoms with van der Waals surface area (Å²) in [6.45, 7) is 0.562. The molecule has 1 saturated heterocycles. The van der Waals surface area contributed by atoms with Crippen LogP contribution in [-0.2, 0) is 19.1 Å². The molecule has 0 bridgehead atoms. The zero-order valence-electron chi connectivity index (χ0n) is 18.7. The molecule has 34 heavy (non-hydrogen) atoms. The normalized spacial score (nSPS) is 25.4. The van der Waals surface area contributed by atoms with Crippen molar-refractivity contribution in [2.45, 2.75) is 37.3 Å². The van der Waals surface area contributed by atoms with Gasteiger partial charge in [-0.25, -0.2) is 4.79 Å². The third-order valence-electron chi connectivity index (χ3n) is 7.23. The molecular weight excluding hydrogens is 436 g/mol. The van der Waals surface area contributed by atoms with Crippen LogP contribution in [0, 0.1) is 11.8 Å². The maximum absolute atomic E-state index is 12.8. The minimum absolute atomic E-state index is 0.0487. The van der Waals surface area contributed by atoms with Crippen molar-refractivity contribution in [2.75, 3.05) is 19.8 Å². The Morgan fingerprint density at radius 2 is 1.56 bits per heavy atom. The lowest BCUT2D eigenvalue weighted by Crippen LogP contribution is -2.50. The summed E-state index contributed by atoms with van der Waals surface area (Å²) in [6, 6.07) is 15.3. The number of carbonyl (C=O) groups excluding carboxylic acids is 2. The molecule has 2 aliphatic carbocycles. The van der Waals surface area contributed by atoms with Crippen LogP contribution in [0.2, 0.25) is 0 Å². The SMILES string of the molecule is O=C(NC1COCC1C(=O)N[C@@H]1CCC[C@@H]1C(=O)O)OCC1c2ccccc2-c2ccccc21. The molecule has 2 unspecified atom stereocenters. The Morgan fingerprint density at radius 1 is 0.882 bits per heavy atom.